The molecule has 0 saturated heterocycles. The van der Waals surface area contributed by atoms with Crippen molar-refractivity contribution in [2.45, 2.75) is 6.61 Å². The molecule has 4 nitrogen and oxygen atoms in total. The van der Waals surface area contributed by atoms with Gasteiger partial charge >= 0.3 is 5.97 Å². The van der Waals surface area contributed by atoms with Crippen LogP contribution in [-0.2, 0) is 11.3 Å². The van der Waals surface area contributed by atoms with Gasteiger partial charge in [-0.3, -0.25) is 0 Å². The van der Waals surface area contributed by atoms with Gasteiger partial charge in [0.15, 0.2) is 5.76 Å². The molecule has 23 heavy (non-hydrogen) atoms. The van der Waals surface area contributed by atoms with E-state index in [1.54, 1.807) is 18.2 Å². The van der Waals surface area contributed by atoms with Gasteiger partial charge in [-0.25, -0.2) is 4.79 Å². The van der Waals surface area contributed by atoms with Crippen molar-refractivity contribution >= 4 is 29.2 Å². The van der Waals surface area contributed by atoms with Crippen LogP contribution in [0, 0.1) is 0 Å². The van der Waals surface area contributed by atoms with E-state index in [0.29, 0.717) is 27.1 Å². The van der Waals surface area contributed by atoms with Crippen LogP contribution in [0.15, 0.2) is 59.1 Å². The Morgan fingerprint density at radius 3 is 2.57 bits per heavy atom. The van der Waals surface area contributed by atoms with Gasteiger partial charge in [-0.1, -0.05) is 58.7 Å². The summed E-state index contributed by atoms with van der Waals surface area (Å²) in [6.07, 6.45) is 0. The van der Waals surface area contributed by atoms with Crippen LogP contribution >= 0.6 is 23.2 Å². The van der Waals surface area contributed by atoms with Gasteiger partial charge in [0.25, 0.3) is 0 Å². The van der Waals surface area contributed by atoms with Crippen LogP contribution in [0.5, 0.6) is 0 Å². The highest BCUT2D eigenvalue weighted by atomic mass is 35.5. The highest BCUT2D eigenvalue weighted by Crippen LogP contribution is 2.23. The fourth-order valence-electron chi connectivity index (χ4n) is 1.96. The van der Waals surface area contributed by atoms with E-state index in [9.17, 15) is 4.79 Å². The predicted octanol–water partition coefficient (Wildman–Crippen LogP) is 5.01. The van der Waals surface area contributed by atoms with Crippen molar-refractivity contribution in [3.8, 4) is 11.3 Å². The van der Waals surface area contributed by atoms with Crippen molar-refractivity contribution in [2.24, 2.45) is 0 Å². The first-order chi connectivity index (χ1) is 11.1. The second-order valence-corrected chi connectivity index (χ2v) is 5.57. The summed E-state index contributed by atoms with van der Waals surface area (Å²) in [4.78, 5) is 12.0. The number of carbonyl (C=O) groups excluding carboxylic acids is 1. The monoisotopic (exact) mass is 347 g/mol. The molecule has 116 valence electrons. The van der Waals surface area contributed by atoms with E-state index in [0.717, 1.165) is 5.56 Å². The average Bonchev–Trinajstić information content (AvgIpc) is 3.05. The summed E-state index contributed by atoms with van der Waals surface area (Å²) in [5, 5.41) is 4.57. The molecule has 6 heteroatoms. The number of benzene rings is 2. The van der Waals surface area contributed by atoms with Crippen LogP contribution in [0.2, 0.25) is 10.0 Å². The van der Waals surface area contributed by atoms with E-state index in [1.165, 1.54) is 6.07 Å². The fourth-order valence-corrected chi connectivity index (χ4v) is 2.26. The summed E-state index contributed by atoms with van der Waals surface area (Å²) < 4.78 is 10.4. The molecule has 0 aliphatic carbocycles. The van der Waals surface area contributed by atoms with Crippen molar-refractivity contribution in [1.82, 2.24) is 5.16 Å². The van der Waals surface area contributed by atoms with Crippen LogP contribution in [0.3, 0.4) is 0 Å². The maximum atomic E-state index is 12.0. The Morgan fingerprint density at radius 1 is 1.04 bits per heavy atom. The lowest BCUT2D eigenvalue weighted by atomic mass is 10.2. The van der Waals surface area contributed by atoms with Gasteiger partial charge in [-0.2, -0.15) is 0 Å². The average molecular weight is 348 g/mol. The number of hydrogen-bond donors (Lipinski definition) is 0. The van der Waals surface area contributed by atoms with Gasteiger partial charge in [0.1, 0.15) is 12.3 Å². The molecule has 1 heterocycles. The van der Waals surface area contributed by atoms with E-state index < -0.39 is 5.97 Å². The van der Waals surface area contributed by atoms with E-state index in [4.69, 9.17) is 32.5 Å². The third-order valence-corrected chi connectivity index (χ3v) is 3.86. The van der Waals surface area contributed by atoms with Gasteiger partial charge in [0.2, 0.25) is 0 Å². The zero-order chi connectivity index (χ0) is 16.2. The lowest BCUT2D eigenvalue weighted by Gasteiger charge is -2.03. The molecule has 0 atom stereocenters. The number of hydrogen-bond acceptors (Lipinski definition) is 4. The van der Waals surface area contributed by atoms with Crippen LogP contribution in [0.1, 0.15) is 16.1 Å². The molecule has 0 spiro atoms. The van der Waals surface area contributed by atoms with Crippen LogP contribution in [0.25, 0.3) is 11.3 Å². The molecule has 0 aliphatic rings. The van der Waals surface area contributed by atoms with Crippen LogP contribution < -0.4 is 0 Å². The van der Waals surface area contributed by atoms with E-state index in [-0.39, 0.29) is 6.61 Å². The second-order valence-electron chi connectivity index (χ2n) is 4.75. The Morgan fingerprint density at radius 2 is 1.83 bits per heavy atom. The van der Waals surface area contributed by atoms with Crippen molar-refractivity contribution < 1.29 is 14.1 Å². The van der Waals surface area contributed by atoms with Crippen molar-refractivity contribution in [1.29, 1.82) is 0 Å². The topological polar surface area (TPSA) is 52.3 Å². The zero-order valence-corrected chi connectivity index (χ0v) is 13.3. The molecule has 0 saturated carbocycles. The number of ether oxygens (including phenoxy) is 1. The Kier molecular flexibility index (Phi) is 4.65. The minimum atomic E-state index is -0.507. The maximum absolute atomic E-state index is 12.0. The quantitative estimate of drug-likeness (QED) is 0.622. The summed E-state index contributed by atoms with van der Waals surface area (Å²) >= 11 is 11.7. The largest absolute Gasteiger partial charge is 0.455 e. The van der Waals surface area contributed by atoms with Gasteiger partial charge in [0, 0.05) is 11.6 Å². The van der Waals surface area contributed by atoms with Crippen LogP contribution in [-0.4, -0.2) is 11.1 Å². The van der Waals surface area contributed by atoms with Gasteiger partial charge in [-0.05, 0) is 18.2 Å². The molecule has 0 N–H and O–H groups in total. The summed E-state index contributed by atoms with van der Waals surface area (Å²) in [6, 6.07) is 15.8. The van der Waals surface area contributed by atoms with E-state index in [1.807, 2.05) is 30.3 Å². The maximum Gasteiger partial charge on any atom is 0.338 e. The third kappa shape index (κ3) is 3.73. The molecule has 0 amide bonds. The number of aromatic nitrogens is 1. The molecule has 0 aliphatic heterocycles. The normalized spacial score (nSPS) is 10.5. The zero-order valence-electron chi connectivity index (χ0n) is 11.8. The molecule has 3 aromatic rings. The molecule has 1 aromatic heterocycles. The first kappa shape index (κ1) is 15.6. The van der Waals surface area contributed by atoms with Gasteiger partial charge in [0.05, 0.1) is 15.6 Å². The Bertz CT molecular complexity index is 831. The first-order valence-electron chi connectivity index (χ1n) is 6.76. The molecular weight excluding hydrogens is 337 g/mol. The van der Waals surface area contributed by atoms with Gasteiger partial charge < -0.3 is 9.26 Å². The van der Waals surface area contributed by atoms with Crippen LogP contribution in [0.4, 0.5) is 0 Å². The number of nitrogens with zero attached hydrogens (tertiary/aromatic N) is 1. The fraction of sp³-hybridized carbons (Fsp3) is 0.0588. The Balaban J connectivity index is 1.65. The highest BCUT2D eigenvalue weighted by molar-refractivity contribution is 6.42. The Labute approximate surface area is 142 Å². The molecule has 0 radical (unpaired) electrons. The number of carbonyl (C=O) groups is 1. The SMILES string of the molecule is O=C(OCc1cc(-c2ccccc2)on1)c1ccc(Cl)c(Cl)c1. The number of halogens is 2. The first-order valence-corrected chi connectivity index (χ1v) is 7.52. The molecule has 0 unspecified atom stereocenters. The molecule has 3 rings (SSSR count). The summed E-state index contributed by atoms with van der Waals surface area (Å²) in [6.45, 7) is 0.00934. The lowest BCUT2D eigenvalue weighted by Crippen LogP contribution is -2.05. The summed E-state index contributed by atoms with van der Waals surface area (Å²) in [5.74, 6) is 0.110. The van der Waals surface area contributed by atoms with E-state index in [2.05, 4.69) is 5.16 Å². The summed E-state index contributed by atoms with van der Waals surface area (Å²) in [7, 11) is 0. The smallest absolute Gasteiger partial charge is 0.338 e. The van der Waals surface area contributed by atoms with Crippen molar-refractivity contribution in [2.75, 3.05) is 0 Å². The summed E-state index contributed by atoms with van der Waals surface area (Å²) in [5.41, 5.74) is 1.76. The van der Waals surface area contributed by atoms with Crippen molar-refractivity contribution in [3.05, 3.63) is 75.9 Å². The standard InChI is InChI=1S/C17H11Cl2NO3/c18-14-7-6-12(8-15(14)19)17(21)22-10-13-9-16(23-20-13)11-4-2-1-3-5-11/h1-9H,10H2. The molecule has 0 fully saturated rings. The lowest BCUT2D eigenvalue weighted by molar-refractivity contribution is 0.0464. The molecule has 2 aromatic carbocycles. The number of rotatable bonds is 4. The predicted molar refractivity (Wildman–Crippen MR) is 87.5 cm³/mol. The molecular formula is C17H11Cl2NO3. The minimum Gasteiger partial charge on any atom is -0.455 e. The van der Waals surface area contributed by atoms with Crippen molar-refractivity contribution in [3.63, 3.8) is 0 Å². The molecule has 0 bridgehead atoms. The third-order valence-electron chi connectivity index (χ3n) is 3.12. The second kappa shape index (κ2) is 6.86. The number of esters is 1. The van der Waals surface area contributed by atoms with Gasteiger partial charge in [-0.15, -0.1) is 0 Å². The Hall–Kier alpha value is -2.30. The minimum absolute atomic E-state index is 0.00934. The highest BCUT2D eigenvalue weighted by Gasteiger charge is 2.12. The van der Waals surface area contributed by atoms with E-state index >= 15 is 0 Å².